The lowest BCUT2D eigenvalue weighted by Gasteiger charge is -2.31. The summed E-state index contributed by atoms with van der Waals surface area (Å²) < 4.78 is 6.15. The van der Waals surface area contributed by atoms with Crippen molar-refractivity contribution in [1.82, 2.24) is 4.98 Å². The van der Waals surface area contributed by atoms with Gasteiger partial charge in [0.2, 0.25) is 0 Å². The van der Waals surface area contributed by atoms with E-state index in [4.69, 9.17) is 10.5 Å². The molecule has 0 saturated heterocycles. The Bertz CT molecular complexity index is 371. The van der Waals surface area contributed by atoms with Gasteiger partial charge in [-0.1, -0.05) is 31.7 Å². The molecule has 3 heteroatoms. The van der Waals surface area contributed by atoms with Crippen molar-refractivity contribution in [2.45, 2.75) is 57.7 Å². The molecule has 0 spiro atoms. The minimum absolute atomic E-state index is 0.109. The summed E-state index contributed by atoms with van der Waals surface area (Å²) in [4.78, 5) is 4.48. The van der Waals surface area contributed by atoms with Crippen molar-refractivity contribution >= 4 is 0 Å². The largest absolute Gasteiger partial charge is 0.367 e. The molecule has 1 fully saturated rings. The highest BCUT2D eigenvalue weighted by atomic mass is 16.5. The molecule has 2 N–H and O–H groups in total. The number of aryl methyl sites for hydroxylation is 1. The molecule has 1 aromatic rings. The number of nitrogens with zero attached hydrogens (tertiary/aromatic N) is 1. The molecule has 18 heavy (non-hydrogen) atoms. The van der Waals surface area contributed by atoms with Crippen LogP contribution in [0.25, 0.3) is 0 Å². The summed E-state index contributed by atoms with van der Waals surface area (Å²) in [6, 6.07) is 6.06. The van der Waals surface area contributed by atoms with Gasteiger partial charge >= 0.3 is 0 Å². The maximum absolute atomic E-state index is 6.15. The summed E-state index contributed by atoms with van der Waals surface area (Å²) in [6.45, 7) is 3.21. The normalized spacial score (nSPS) is 19.4. The molecule has 1 aromatic heterocycles. The Morgan fingerprint density at radius 2 is 1.94 bits per heavy atom. The topological polar surface area (TPSA) is 48.1 Å². The first kappa shape index (κ1) is 13.5. The van der Waals surface area contributed by atoms with E-state index in [0.29, 0.717) is 13.2 Å². The van der Waals surface area contributed by atoms with Crippen molar-refractivity contribution < 1.29 is 4.74 Å². The van der Waals surface area contributed by atoms with Crippen molar-refractivity contribution in [3.8, 4) is 0 Å². The van der Waals surface area contributed by atoms with Crippen LogP contribution < -0.4 is 5.73 Å². The van der Waals surface area contributed by atoms with Crippen LogP contribution in [0.3, 0.4) is 0 Å². The number of hydrogen-bond acceptors (Lipinski definition) is 3. The lowest BCUT2D eigenvalue weighted by Crippen LogP contribution is -2.40. The minimum atomic E-state index is -0.109. The maximum atomic E-state index is 6.15. The van der Waals surface area contributed by atoms with E-state index in [9.17, 15) is 0 Å². The van der Waals surface area contributed by atoms with E-state index < -0.39 is 0 Å². The standard InChI is InChI=1S/C15H24N2O/c1-13-7-6-8-14(17-13)11-18-15(12-16)9-4-2-3-5-10-15/h6-8H,2-5,9-12,16H2,1H3. The molecule has 3 nitrogen and oxygen atoms in total. The third-order valence-corrected chi connectivity index (χ3v) is 3.86. The molecule has 1 heterocycles. The zero-order valence-electron chi connectivity index (χ0n) is 11.3. The molecule has 100 valence electrons. The molecule has 0 aliphatic heterocycles. The quantitative estimate of drug-likeness (QED) is 0.833. The van der Waals surface area contributed by atoms with Gasteiger partial charge in [0.25, 0.3) is 0 Å². The van der Waals surface area contributed by atoms with Crippen LogP contribution >= 0.6 is 0 Å². The first-order valence-corrected chi connectivity index (χ1v) is 7.01. The molecule has 1 saturated carbocycles. The van der Waals surface area contributed by atoms with E-state index in [1.54, 1.807) is 0 Å². The van der Waals surface area contributed by atoms with Crippen LogP contribution in [-0.4, -0.2) is 17.1 Å². The Kier molecular flexibility index (Phi) is 4.72. The molecule has 0 amide bonds. The van der Waals surface area contributed by atoms with Crippen molar-refractivity contribution in [3.63, 3.8) is 0 Å². The molecule has 0 radical (unpaired) electrons. The Morgan fingerprint density at radius 1 is 1.22 bits per heavy atom. The third kappa shape index (κ3) is 3.53. The monoisotopic (exact) mass is 248 g/mol. The van der Waals surface area contributed by atoms with Gasteiger partial charge in [0.05, 0.1) is 17.9 Å². The molecular formula is C15H24N2O. The van der Waals surface area contributed by atoms with E-state index in [2.05, 4.69) is 4.98 Å². The fraction of sp³-hybridized carbons (Fsp3) is 0.667. The van der Waals surface area contributed by atoms with Crippen molar-refractivity contribution in [2.75, 3.05) is 6.54 Å². The van der Waals surface area contributed by atoms with E-state index in [1.807, 2.05) is 25.1 Å². The second-order valence-corrected chi connectivity index (χ2v) is 5.36. The predicted octanol–water partition coefficient (Wildman–Crippen LogP) is 2.96. The molecule has 0 unspecified atom stereocenters. The van der Waals surface area contributed by atoms with Crippen LogP contribution in [0.5, 0.6) is 0 Å². The predicted molar refractivity (Wildman–Crippen MR) is 73.3 cm³/mol. The van der Waals surface area contributed by atoms with Gasteiger partial charge in [-0.05, 0) is 31.9 Å². The van der Waals surface area contributed by atoms with Crippen LogP contribution in [0.1, 0.15) is 49.9 Å². The molecule has 2 rings (SSSR count). The first-order valence-electron chi connectivity index (χ1n) is 7.01. The molecular weight excluding hydrogens is 224 g/mol. The lowest BCUT2D eigenvalue weighted by molar-refractivity contribution is -0.0614. The number of hydrogen-bond donors (Lipinski definition) is 1. The van der Waals surface area contributed by atoms with E-state index in [-0.39, 0.29) is 5.60 Å². The van der Waals surface area contributed by atoms with Crippen LogP contribution in [-0.2, 0) is 11.3 Å². The average Bonchev–Trinajstić information content (AvgIpc) is 2.63. The first-order chi connectivity index (χ1) is 8.74. The summed E-state index contributed by atoms with van der Waals surface area (Å²) in [7, 11) is 0. The third-order valence-electron chi connectivity index (χ3n) is 3.86. The number of rotatable bonds is 4. The Labute approximate surface area is 110 Å². The van der Waals surface area contributed by atoms with Crippen molar-refractivity contribution in [2.24, 2.45) is 5.73 Å². The highest BCUT2D eigenvalue weighted by molar-refractivity contribution is 5.09. The average molecular weight is 248 g/mol. The second kappa shape index (κ2) is 6.30. The van der Waals surface area contributed by atoms with E-state index in [1.165, 1.54) is 25.7 Å². The highest BCUT2D eigenvalue weighted by Gasteiger charge is 2.30. The SMILES string of the molecule is Cc1cccc(COC2(CN)CCCCCC2)n1. The molecule has 1 aliphatic rings. The molecule has 0 aromatic carbocycles. The van der Waals surface area contributed by atoms with Crippen LogP contribution in [0, 0.1) is 6.92 Å². The van der Waals surface area contributed by atoms with Gasteiger partial charge < -0.3 is 10.5 Å². The van der Waals surface area contributed by atoms with E-state index >= 15 is 0 Å². The minimum Gasteiger partial charge on any atom is -0.367 e. The fourth-order valence-corrected chi connectivity index (χ4v) is 2.69. The van der Waals surface area contributed by atoms with Gasteiger partial charge in [-0.25, -0.2) is 0 Å². The van der Waals surface area contributed by atoms with Crippen LogP contribution in [0.2, 0.25) is 0 Å². The highest BCUT2D eigenvalue weighted by Crippen LogP contribution is 2.30. The van der Waals surface area contributed by atoms with Gasteiger partial charge in [0, 0.05) is 12.2 Å². The fourth-order valence-electron chi connectivity index (χ4n) is 2.69. The van der Waals surface area contributed by atoms with Gasteiger partial charge in [0.1, 0.15) is 0 Å². The summed E-state index contributed by atoms with van der Waals surface area (Å²) in [5.74, 6) is 0. The van der Waals surface area contributed by atoms with Gasteiger partial charge in [-0.15, -0.1) is 0 Å². The summed E-state index contributed by atoms with van der Waals surface area (Å²) in [5.41, 5.74) is 7.89. The summed E-state index contributed by atoms with van der Waals surface area (Å²) in [5, 5.41) is 0. The smallest absolute Gasteiger partial charge is 0.0896 e. The van der Waals surface area contributed by atoms with Gasteiger partial charge in [-0.3, -0.25) is 4.98 Å². The van der Waals surface area contributed by atoms with Crippen molar-refractivity contribution in [3.05, 3.63) is 29.6 Å². The van der Waals surface area contributed by atoms with Crippen molar-refractivity contribution in [1.29, 1.82) is 0 Å². The number of ether oxygens (including phenoxy) is 1. The molecule has 0 bridgehead atoms. The van der Waals surface area contributed by atoms with Gasteiger partial charge in [0.15, 0.2) is 0 Å². The molecule has 1 aliphatic carbocycles. The Hall–Kier alpha value is -0.930. The maximum Gasteiger partial charge on any atom is 0.0896 e. The molecule has 0 atom stereocenters. The van der Waals surface area contributed by atoms with Crippen LogP contribution in [0.15, 0.2) is 18.2 Å². The van der Waals surface area contributed by atoms with Gasteiger partial charge in [-0.2, -0.15) is 0 Å². The van der Waals surface area contributed by atoms with Crippen LogP contribution in [0.4, 0.5) is 0 Å². The number of pyridine rings is 1. The number of nitrogens with two attached hydrogens (primary N) is 1. The summed E-state index contributed by atoms with van der Waals surface area (Å²) in [6.07, 6.45) is 7.28. The zero-order chi connectivity index (χ0) is 12.8. The summed E-state index contributed by atoms with van der Waals surface area (Å²) >= 11 is 0. The van der Waals surface area contributed by atoms with E-state index in [0.717, 1.165) is 24.2 Å². The Balaban J connectivity index is 1.97. The Morgan fingerprint density at radius 3 is 2.56 bits per heavy atom. The zero-order valence-corrected chi connectivity index (χ0v) is 11.3. The lowest BCUT2D eigenvalue weighted by atomic mass is 9.94. The number of aromatic nitrogens is 1. The second-order valence-electron chi connectivity index (χ2n) is 5.36.